The standard InChI is InChI=1S/C21H19N3O4S/c1-27-19(25)16-5-3-4-11-23(18(16)20(26)28-2)15-8-6-14(7-9-15)17-13-29-21-22-10-12-24(17)21/h3-9,11,13H,10,12H2,1-2H3. The average Bonchev–Trinajstić information content (AvgIpc) is 3.30. The summed E-state index contributed by atoms with van der Waals surface area (Å²) in [7, 11) is 2.56. The van der Waals surface area contributed by atoms with Crippen molar-refractivity contribution in [1.29, 1.82) is 0 Å². The number of allylic oxidation sites excluding steroid dienone is 2. The van der Waals surface area contributed by atoms with Gasteiger partial charge in [-0.2, -0.15) is 0 Å². The molecule has 1 aromatic rings. The summed E-state index contributed by atoms with van der Waals surface area (Å²) in [6, 6.07) is 7.78. The number of rotatable bonds is 4. The molecule has 0 spiro atoms. The van der Waals surface area contributed by atoms with Crippen molar-refractivity contribution in [1.82, 2.24) is 4.90 Å². The lowest BCUT2D eigenvalue weighted by Gasteiger charge is -2.23. The minimum absolute atomic E-state index is 0.0988. The SMILES string of the molecule is COC(=O)C1=C(C(=O)OC)N(c2ccc(C3=CSC4=NCCN34)cc2)C=CC=C1. The predicted molar refractivity (Wildman–Crippen MR) is 113 cm³/mol. The van der Waals surface area contributed by atoms with E-state index in [0.29, 0.717) is 0 Å². The molecule has 3 aliphatic rings. The number of hydrogen-bond donors (Lipinski definition) is 0. The second kappa shape index (κ2) is 8.00. The maximum atomic E-state index is 12.5. The van der Waals surface area contributed by atoms with Crippen LogP contribution in [0.5, 0.6) is 0 Å². The summed E-state index contributed by atoms with van der Waals surface area (Å²) < 4.78 is 9.77. The van der Waals surface area contributed by atoms with E-state index >= 15 is 0 Å². The van der Waals surface area contributed by atoms with Gasteiger partial charge in [0.05, 0.1) is 32.0 Å². The Kier molecular flexibility index (Phi) is 5.26. The van der Waals surface area contributed by atoms with Gasteiger partial charge in [0.1, 0.15) is 5.70 Å². The number of carbonyl (C=O) groups excluding carboxylic acids is 2. The number of methoxy groups -OCH3 is 2. The molecule has 4 rings (SSSR count). The third-order valence-electron chi connectivity index (χ3n) is 4.70. The highest BCUT2D eigenvalue weighted by molar-refractivity contribution is 8.16. The van der Waals surface area contributed by atoms with Gasteiger partial charge in [-0.05, 0) is 29.8 Å². The molecular weight excluding hydrogens is 390 g/mol. The minimum atomic E-state index is -0.626. The first-order valence-corrected chi connectivity index (χ1v) is 9.86. The van der Waals surface area contributed by atoms with Crippen molar-refractivity contribution >= 4 is 40.3 Å². The summed E-state index contributed by atoms with van der Waals surface area (Å²) in [5.74, 6) is -1.24. The molecule has 0 aliphatic carbocycles. The van der Waals surface area contributed by atoms with Gasteiger partial charge in [0.2, 0.25) is 0 Å². The van der Waals surface area contributed by atoms with Crippen LogP contribution in [0.2, 0.25) is 0 Å². The molecule has 8 heteroatoms. The van der Waals surface area contributed by atoms with E-state index in [2.05, 4.69) is 15.3 Å². The summed E-state index contributed by atoms with van der Waals surface area (Å²) in [5, 5.41) is 3.13. The van der Waals surface area contributed by atoms with Crippen LogP contribution in [0.25, 0.3) is 5.70 Å². The Morgan fingerprint density at radius 2 is 1.83 bits per heavy atom. The topological polar surface area (TPSA) is 71.4 Å². The van der Waals surface area contributed by atoms with Gasteiger partial charge in [-0.3, -0.25) is 4.99 Å². The Bertz CT molecular complexity index is 1010. The number of esters is 2. The van der Waals surface area contributed by atoms with Gasteiger partial charge < -0.3 is 19.3 Å². The lowest BCUT2D eigenvalue weighted by molar-refractivity contribution is -0.139. The first kappa shape index (κ1) is 19.1. The molecule has 0 bridgehead atoms. The van der Waals surface area contributed by atoms with Gasteiger partial charge in [0.15, 0.2) is 5.17 Å². The van der Waals surface area contributed by atoms with Gasteiger partial charge in [-0.1, -0.05) is 30.0 Å². The van der Waals surface area contributed by atoms with E-state index in [1.807, 2.05) is 24.3 Å². The third-order valence-corrected chi connectivity index (χ3v) is 5.60. The zero-order chi connectivity index (χ0) is 20.4. The van der Waals surface area contributed by atoms with E-state index in [-0.39, 0.29) is 11.3 Å². The Morgan fingerprint density at radius 1 is 1.07 bits per heavy atom. The van der Waals surface area contributed by atoms with Gasteiger partial charge in [-0.25, -0.2) is 9.59 Å². The monoisotopic (exact) mass is 409 g/mol. The van der Waals surface area contributed by atoms with Gasteiger partial charge >= 0.3 is 11.9 Å². The Hall–Kier alpha value is -3.26. The second-order valence-corrected chi connectivity index (χ2v) is 7.14. The lowest BCUT2D eigenvalue weighted by Crippen LogP contribution is -2.27. The van der Waals surface area contributed by atoms with Crippen LogP contribution >= 0.6 is 11.8 Å². The highest BCUT2D eigenvalue weighted by atomic mass is 32.2. The van der Waals surface area contributed by atoms with Crippen molar-refractivity contribution in [2.24, 2.45) is 4.99 Å². The Balaban J connectivity index is 1.70. The fraction of sp³-hybridized carbons (Fsp3) is 0.190. The highest BCUT2D eigenvalue weighted by Gasteiger charge is 2.29. The van der Waals surface area contributed by atoms with Crippen LogP contribution < -0.4 is 4.90 Å². The average molecular weight is 409 g/mol. The van der Waals surface area contributed by atoms with Crippen LogP contribution in [0.3, 0.4) is 0 Å². The fourth-order valence-electron chi connectivity index (χ4n) is 3.31. The second-order valence-electron chi connectivity index (χ2n) is 6.30. The molecule has 29 heavy (non-hydrogen) atoms. The van der Waals surface area contributed by atoms with Gasteiger partial charge in [0, 0.05) is 23.8 Å². The molecule has 3 heterocycles. The van der Waals surface area contributed by atoms with E-state index in [4.69, 9.17) is 9.47 Å². The van der Waals surface area contributed by atoms with Crippen LogP contribution in [0.1, 0.15) is 5.56 Å². The number of nitrogens with zero attached hydrogens (tertiary/aromatic N) is 3. The summed E-state index contributed by atoms with van der Waals surface area (Å²) in [5.41, 5.74) is 3.12. The zero-order valence-electron chi connectivity index (χ0n) is 16.0. The summed E-state index contributed by atoms with van der Waals surface area (Å²) in [4.78, 5) is 33.0. The Morgan fingerprint density at radius 3 is 2.55 bits per heavy atom. The number of fused-ring (bicyclic) bond motifs is 1. The molecule has 0 radical (unpaired) electrons. The fourth-order valence-corrected chi connectivity index (χ4v) is 4.27. The van der Waals surface area contributed by atoms with Crippen LogP contribution in [-0.4, -0.2) is 49.3 Å². The molecule has 0 fully saturated rings. The minimum Gasteiger partial charge on any atom is -0.465 e. The number of amidine groups is 1. The predicted octanol–water partition coefficient (Wildman–Crippen LogP) is 2.89. The zero-order valence-corrected chi connectivity index (χ0v) is 16.8. The number of carbonyl (C=O) groups is 2. The molecule has 0 atom stereocenters. The van der Waals surface area contributed by atoms with E-state index < -0.39 is 11.9 Å². The smallest absolute Gasteiger partial charge is 0.355 e. The molecular formula is C21H19N3O4S. The summed E-state index contributed by atoms with van der Waals surface area (Å²) >= 11 is 1.63. The van der Waals surface area contributed by atoms with Crippen molar-refractivity contribution in [3.8, 4) is 0 Å². The molecule has 0 amide bonds. The van der Waals surface area contributed by atoms with Crippen LogP contribution in [0.4, 0.5) is 5.69 Å². The maximum absolute atomic E-state index is 12.5. The number of aliphatic imine (C=N–C) groups is 1. The first-order chi connectivity index (χ1) is 14.1. The first-order valence-electron chi connectivity index (χ1n) is 8.98. The lowest BCUT2D eigenvalue weighted by atomic mass is 10.1. The molecule has 0 unspecified atom stereocenters. The van der Waals surface area contributed by atoms with Crippen molar-refractivity contribution in [2.45, 2.75) is 0 Å². The summed E-state index contributed by atoms with van der Waals surface area (Å²) in [6.07, 6.45) is 6.68. The maximum Gasteiger partial charge on any atom is 0.355 e. The van der Waals surface area contributed by atoms with E-state index in [1.54, 1.807) is 35.0 Å². The number of benzene rings is 1. The molecule has 0 saturated heterocycles. The molecule has 0 N–H and O–H groups in total. The number of anilines is 1. The Labute approximate surface area is 172 Å². The van der Waals surface area contributed by atoms with Crippen LogP contribution in [0.15, 0.2) is 70.4 Å². The molecule has 7 nitrogen and oxygen atoms in total. The molecule has 1 aromatic carbocycles. The summed E-state index contributed by atoms with van der Waals surface area (Å²) in [6.45, 7) is 1.70. The third kappa shape index (κ3) is 3.47. The number of thioether (sulfide) groups is 1. The highest BCUT2D eigenvalue weighted by Crippen LogP contribution is 2.36. The molecule has 148 valence electrons. The normalized spacial score (nSPS) is 17.7. The van der Waals surface area contributed by atoms with Crippen molar-refractivity contribution in [2.75, 3.05) is 32.2 Å². The van der Waals surface area contributed by atoms with Crippen LogP contribution in [0, 0.1) is 0 Å². The van der Waals surface area contributed by atoms with Crippen molar-refractivity contribution in [3.05, 3.63) is 70.9 Å². The van der Waals surface area contributed by atoms with E-state index in [9.17, 15) is 9.59 Å². The van der Waals surface area contributed by atoms with Gasteiger partial charge in [0.25, 0.3) is 0 Å². The molecule has 0 saturated carbocycles. The van der Waals surface area contributed by atoms with Crippen molar-refractivity contribution in [3.63, 3.8) is 0 Å². The number of ether oxygens (including phenoxy) is 2. The van der Waals surface area contributed by atoms with E-state index in [1.165, 1.54) is 20.3 Å². The molecule has 0 aromatic heterocycles. The molecule has 3 aliphatic heterocycles. The number of hydrogen-bond acceptors (Lipinski definition) is 8. The van der Waals surface area contributed by atoms with E-state index in [0.717, 1.165) is 35.2 Å². The van der Waals surface area contributed by atoms with Gasteiger partial charge in [-0.15, -0.1) is 0 Å². The van der Waals surface area contributed by atoms with Crippen LogP contribution in [-0.2, 0) is 19.1 Å². The largest absolute Gasteiger partial charge is 0.465 e. The van der Waals surface area contributed by atoms with Crippen molar-refractivity contribution < 1.29 is 19.1 Å². The quantitative estimate of drug-likeness (QED) is 0.708.